The highest BCUT2D eigenvalue weighted by molar-refractivity contribution is 5.89. The monoisotopic (exact) mass is 435 g/mol. The van der Waals surface area contributed by atoms with Gasteiger partial charge in [-0.25, -0.2) is 9.78 Å². The maximum atomic E-state index is 12.8. The van der Waals surface area contributed by atoms with Crippen LogP contribution in [0.15, 0.2) is 48.7 Å². The van der Waals surface area contributed by atoms with Crippen LogP contribution in [0.4, 0.5) is 16.3 Å². The van der Waals surface area contributed by atoms with Crippen molar-refractivity contribution in [1.29, 1.82) is 0 Å². The number of carbonyl (C=O) groups excluding carboxylic acids is 2. The molecule has 4 rings (SSSR count). The van der Waals surface area contributed by atoms with Crippen LogP contribution >= 0.6 is 0 Å². The number of urea groups is 1. The maximum absolute atomic E-state index is 12.8. The molecule has 3 amide bonds. The zero-order valence-electron chi connectivity index (χ0n) is 18.9. The molecule has 0 bridgehead atoms. The average Bonchev–Trinajstić information content (AvgIpc) is 2.83. The zero-order chi connectivity index (χ0) is 22.3. The van der Waals surface area contributed by atoms with E-state index in [-0.39, 0.29) is 11.9 Å². The number of anilines is 2. The fourth-order valence-corrected chi connectivity index (χ4v) is 4.62. The van der Waals surface area contributed by atoms with E-state index in [0.717, 1.165) is 75.6 Å². The molecule has 2 aliphatic heterocycles. The first-order valence-corrected chi connectivity index (χ1v) is 11.6. The van der Waals surface area contributed by atoms with Gasteiger partial charge < -0.3 is 20.0 Å². The summed E-state index contributed by atoms with van der Waals surface area (Å²) >= 11 is 0. The topological polar surface area (TPSA) is 68.8 Å². The predicted molar refractivity (Wildman–Crippen MR) is 127 cm³/mol. The summed E-state index contributed by atoms with van der Waals surface area (Å²) in [5.41, 5.74) is 1.95. The van der Waals surface area contributed by atoms with Gasteiger partial charge in [-0.15, -0.1) is 0 Å². The number of pyridine rings is 1. The minimum atomic E-state index is -0.0442. The van der Waals surface area contributed by atoms with E-state index in [1.54, 1.807) is 0 Å². The number of carbonyl (C=O) groups is 2. The third kappa shape index (κ3) is 5.78. The van der Waals surface area contributed by atoms with Crippen molar-refractivity contribution in [2.45, 2.75) is 32.6 Å². The van der Waals surface area contributed by atoms with Gasteiger partial charge in [-0.05, 0) is 61.9 Å². The van der Waals surface area contributed by atoms with Crippen molar-refractivity contribution in [3.8, 4) is 0 Å². The van der Waals surface area contributed by atoms with Gasteiger partial charge in [0, 0.05) is 57.6 Å². The van der Waals surface area contributed by atoms with Gasteiger partial charge in [-0.1, -0.05) is 18.2 Å². The molecule has 32 heavy (non-hydrogen) atoms. The largest absolute Gasteiger partial charge is 0.353 e. The van der Waals surface area contributed by atoms with E-state index in [9.17, 15) is 9.59 Å². The molecule has 3 heterocycles. The number of piperazine rings is 1. The number of amides is 3. The molecule has 7 nitrogen and oxygen atoms in total. The maximum Gasteiger partial charge on any atom is 0.321 e. The molecule has 2 saturated heterocycles. The van der Waals surface area contributed by atoms with Crippen LogP contribution in [0.2, 0.25) is 0 Å². The highest BCUT2D eigenvalue weighted by Gasteiger charge is 2.26. The molecule has 2 fully saturated rings. The Bertz CT molecular complexity index is 912. The molecule has 2 aliphatic rings. The quantitative estimate of drug-likeness (QED) is 0.776. The molecule has 0 saturated carbocycles. The fraction of sp³-hybridized carbons (Fsp3) is 0.480. The van der Waals surface area contributed by atoms with E-state index in [4.69, 9.17) is 0 Å². The average molecular weight is 436 g/mol. The number of piperidine rings is 1. The summed E-state index contributed by atoms with van der Waals surface area (Å²) in [5.74, 6) is 1.59. The number of rotatable bonds is 5. The van der Waals surface area contributed by atoms with E-state index in [2.05, 4.69) is 15.2 Å². The molecule has 1 aromatic carbocycles. The first-order valence-electron chi connectivity index (χ1n) is 11.6. The van der Waals surface area contributed by atoms with Crippen LogP contribution in [0.25, 0.3) is 0 Å². The van der Waals surface area contributed by atoms with Gasteiger partial charge in [0.05, 0.1) is 0 Å². The van der Waals surface area contributed by atoms with Crippen molar-refractivity contribution in [3.05, 3.63) is 54.2 Å². The molecule has 2 aromatic rings. The van der Waals surface area contributed by atoms with E-state index in [0.29, 0.717) is 12.3 Å². The number of nitrogens with zero attached hydrogens (tertiary/aromatic N) is 4. The summed E-state index contributed by atoms with van der Waals surface area (Å²) in [6.45, 7) is 6.63. The van der Waals surface area contributed by atoms with Crippen LogP contribution in [-0.4, -0.2) is 66.0 Å². The molecule has 170 valence electrons. The van der Waals surface area contributed by atoms with Gasteiger partial charge >= 0.3 is 6.03 Å². The molecular weight excluding hydrogens is 402 g/mol. The molecule has 1 aromatic heterocycles. The minimum Gasteiger partial charge on any atom is -0.353 e. The molecule has 7 heteroatoms. The number of aryl methyl sites for hydroxylation is 1. The van der Waals surface area contributed by atoms with Crippen LogP contribution in [-0.2, 0) is 4.79 Å². The van der Waals surface area contributed by atoms with E-state index < -0.39 is 0 Å². The Balaban J connectivity index is 1.21. The van der Waals surface area contributed by atoms with E-state index in [1.807, 2.05) is 65.4 Å². The second kappa shape index (κ2) is 10.5. The van der Waals surface area contributed by atoms with Crippen molar-refractivity contribution < 1.29 is 9.59 Å². The summed E-state index contributed by atoms with van der Waals surface area (Å²) < 4.78 is 0. The Labute approximate surface area is 190 Å². The number of likely N-dealkylation sites (tertiary alicyclic amines) is 1. The number of aromatic nitrogens is 1. The molecule has 0 spiro atoms. The Hall–Kier alpha value is -3.09. The summed E-state index contributed by atoms with van der Waals surface area (Å²) in [7, 11) is 0. The second-order valence-electron chi connectivity index (χ2n) is 8.85. The van der Waals surface area contributed by atoms with Crippen molar-refractivity contribution in [2.24, 2.45) is 5.92 Å². The summed E-state index contributed by atoms with van der Waals surface area (Å²) in [5, 5.41) is 3.01. The van der Waals surface area contributed by atoms with Crippen molar-refractivity contribution >= 4 is 23.4 Å². The molecule has 0 unspecified atom stereocenters. The lowest BCUT2D eigenvalue weighted by Gasteiger charge is -2.36. The van der Waals surface area contributed by atoms with E-state index >= 15 is 0 Å². The smallest absolute Gasteiger partial charge is 0.321 e. The third-order valence-electron chi connectivity index (χ3n) is 6.45. The molecule has 0 radical (unpaired) electrons. The summed E-state index contributed by atoms with van der Waals surface area (Å²) in [4.78, 5) is 36.0. The lowest BCUT2D eigenvalue weighted by atomic mass is 9.93. The summed E-state index contributed by atoms with van der Waals surface area (Å²) in [6, 6.07) is 13.7. The van der Waals surface area contributed by atoms with Gasteiger partial charge in [-0.2, -0.15) is 0 Å². The van der Waals surface area contributed by atoms with Crippen LogP contribution < -0.4 is 10.2 Å². The van der Waals surface area contributed by atoms with Crippen molar-refractivity contribution in [3.63, 3.8) is 0 Å². The van der Waals surface area contributed by atoms with E-state index in [1.165, 1.54) is 0 Å². The lowest BCUT2D eigenvalue weighted by Crippen LogP contribution is -2.49. The number of nitrogens with one attached hydrogen (secondary N) is 1. The highest BCUT2D eigenvalue weighted by Crippen LogP contribution is 2.23. The molecule has 1 N–H and O–H groups in total. The Kier molecular flexibility index (Phi) is 7.24. The zero-order valence-corrected chi connectivity index (χ0v) is 18.9. The number of hydrogen-bond donors (Lipinski definition) is 1. The van der Waals surface area contributed by atoms with Crippen molar-refractivity contribution in [2.75, 3.05) is 49.5 Å². The predicted octanol–water partition coefficient (Wildman–Crippen LogP) is 3.76. The first-order chi connectivity index (χ1) is 15.6. The Morgan fingerprint density at radius 1 is 1.03 bits per heavy atom. The van der Waals surface area contributed by atoms with Gasteiger partial charge in [0.25, 0.3) is 0 Å². The number of benzene rings is 1. The number of hydrogen-bond acceptors (Lipinski definition) is 4. The van der Waals surface area contributed by atoms with Gasteiger partial charge in [-0.3, -0.25) is 4.79 Å². The standard InChI is InChI=1S/C25H33N5O2/c1-20-6-4-8-22(18-20)27-25(32)30-13-5-7-21(19-30)10-11-24(31)29-16-14-28(15-17-29)23-9-2-3-12-26-23/h2-4,6,8-9,12,18,21H,5,7,10-11,13-17,19H2,1H3,(H,27,32)/t21-/m0/s1. The molecule has 1 atom stereocenters. The SMILES string of the molecule is Cc1cccc(NC(=O)N2CCC[C@@H](CCC(=O)N3CCN(c4ccccn4)CC3)C2)c1. The Morgan fingerprint density at radius 3 is 2.62 bits per heavy atom. The second-order valence-corrected chi connectivity index (χ2v) is 8.85. The van der Waals surface area contributed by atoms with Gasteiger partial charge in [0.15, 0.2) is 0 Å². The van der Waals surface area contributed by atoms with Crippen molar-refractivity contribution in [1.82, 2.24) is 14.8 Å². The minimum absolute atomic E-state index is 0.0442. The molecular formula is C25H33N5O2. The normalized spacial score (nSPS) is 19.0. The van der Waals surface area contributed by atoms with Crippen LogP contribution in [0.3, 0.4) is 0 Å². The molecule has 0 aliphatic carbocycles. The summed E-state index contributed by atoms with van der Waals surface area (Å²) in [6.07, 6.45) is 5.27. The Morgan fingerprint density at radius 2 is 1.88 bits per heavy atom. The van der Waals surface area contributed by atoms with Gasteiger partial charge in [0.2, 0.25) is 5.91 Å². The third-order valence-corrected chi connectivity index (χ3v) is 6.45. The van der Waals surface area contributed by atoms with Crippen LogP contribution in [0, 0.1) is 12.8 Å². The lowest BCUT2D eigenvalue weighted by molar-refractivity contribution is -0.131. The highest BCUT2D eigenvalue weighted by atomic mass is 16.2. The first kappa shape index (κ1) is 22.1. The van der Waals surface area contributed by atoms with Crippen LogP contribution in [0.5, 0.6) is 0 Å². The van der Waals surface area contributed by atoms with Crippen LogP contribution in [0.1, 0.15) is 31.2 Å². The fourth-order valence-electron chi connectivity index (χ4n) is 4.62. The van der Waals surface area contributed by atoms with Gasteiger partial charge in [0.1, 0.15) is 5.82 Å².